The minimum Gasteiger partial charge on any atom is -0.469 e. The fraction of sp³-hybridized carbons (Fsp3) is 0.462. The predicted octanol–water partition coefficient (Wildman–Crippen LogP) is 0.960. The van der Waals surface area contributed by atoms with Crippen LogP contribution in [0.4, 0.5) is 0 Å². The van der Waals surface area contributed by atoms with E-state index < -0.39 is 0 Å². The maximum Gasteiger partial charge on any atom is 0.310 e. The average molecular weight is 293 g/mol. The molecule has 7 heteroatoms. The summed E-state index contributed by atoms with van der Waals surface area (Å²) >= 11 is 1.54. The van der Waals surface area contributed by atoms with Crippen LogP contribution in [0.25, 0.3) is 4.96 Å². The highest BCUT2D eigenvalue weighted by atomic mass is 32.1. The van der Waals surface area contributed by atoms with Crippen molar-refractivity contribution in [2.75, 3.05) is 20.2 Å². The van der Waals surface area contributed by atoms with Gasteiger partial charge in [0.1, 0.15) is 0 Å². The highest BCUT2D eigenvalue weighted by Crippen LogP contribution is 2.19. The number of carbonyl (C=O) groups is 2. The molecule has 2 aromatic rings. The number of hydrogen-bond acceptors (Lipinski definition) is 5. The molecule has 1 aliphatic heterocycles. The van der Waals surface area contributed by atoms with Crippen molar-refractivity contribution in [1.29, 1.82) is 0 Å². The van der Waals surface area contributed by atoms with Gasteiger partial charge in [0.25, 0.3) is 0 Å². The van der Waals surface area contributed by atoms with Crippen LogP contribution in [0.3, 0.4) is 0 Å². The van der Waals surface area contributed by atoms with E-state index in [1.54, 1.807) is 16.2 Å². The van der Waals surface area contributed by atoms with Gasteiger partial charge in [-0.2, -0.15) is 0 Å². The topological polar surface area (TPSA) is 63.9 Å². The lowest BCUT2D eigenvalue weighted by Gasteiger charge is -2.15. The number of rotatable bonds is 3. The zero-order valence-corrected chi connectivity index (χ0v) is 11.9. The maximum absolute atomic E-state index is 12.2. The molecule has 0 spiro atoms. The van der Waals surface area contributed by atoms with Crippen LogP contribution in [0.15, 0.2) is 17.8 Å². The normalized spacial score (nSPS) is 18.6. The first kappa shape index (κ1) is 13.1. The Morgan fingerprint density at radius 2 is 2.40 bits per heavy atom. The largest absolute Gasteiger partial charge is 0.469 e. The van der Waals surface area contributed by atoms with Crippen LogP contribution >= 0.6 is 11.3 Å². The Hall–Kier alpha value is -1.89. The Morgan fingerprint density at radius 3 is 3.15 bits per heavy atom. The molecule has 6 nitrogen and oxygen atoms in total. The van der Waals surface area contributed by atoms with Crippen LogP contribution in [0.1, 0.15) is 12.1 Å². The molecule has 3 heterocycles. The fourth-order valence-corrected chi connectivity index (χ4v) is 3.19. The molecule has 1 amide bonds. The molecule has 1 aliphatic rings. The number of methoxy groups -OCH3 is 1. The third-order valence-electron chi connectivity index (χ3n) is 3.55. The Kier molecular flexibility index (Phi) is 3.43. The first-order chi connectivity index (χ1) is 9.67. The highest BCUT2D eigenvalue weighted by Gasteiger charge is 2.31. The van der Waals surface area contributed by atoms with Crippen molar-refractivity contribution in [2.45, 2.75) is 12.8 Å². The Balaban J connectivity index is 1.62. The number of imidazole rings is 1. The van der Waals surface area contributed by atoms with Crippen molar-refractivity contribution < 1.29 is 14.3 Å². The molecule has 20 heavy (non-hydrogen) atoms. The zero-order chi connectivity index (χ0) is 14.1. The van der Waals surface area contributed by atoms with E-state index in [4.69, 9.17) is 4.74 Å². The van der Waals surface area contributed by atoms with Gasteiger partial charge < -0.3 is 9.64 Å². The molecule has 0 aromatic carbocycles. The molecule has 0 N–H and O–H groups in total. The number of ether oxygens (including phenoxy) is 1. The van der Waals surface area contributed by atoms with Gasteiger partial charge in [0.2, 0.25) is 5.91 Å². The smallest absolute Gasteiger partial charge is 0.310 e. The summed E-state index contributed by atoms with van der Waals surface area (Å²) in [5, 5.41) is 1.95. The lowest BCUT2D eigenvalue weighted by molar-refractivity contribution is -0.145. The van der Waals surface area contributed by atoms with Gasteiger partial charge in [0, 0.05) is 30.9 Å². The Labute approximate surface area is 120 Å². The molecule has 1 fully saturated rings. The quantitative estimate of drug-likeness (QED) is 0.791. The zero-order valence-electron chi connectivity index (χ0n) is 11.1. The summed E-state index contributed by atoms with van der Waals surface area (Å²) in [7, 11) is 1.38. The fourth-order valence-electron chi connectivity index (χ4n) is 2.47. The summed E-state index contributed by atoms with van der Waals surface area (Å²) < 4.78 is 6.63. The number of amides is 1. The molecule has 1 saturated heterocycles. The average Bonchev–Trinajstić information content (AvgIpc) is 3.11. The number of carbonyl (C=O) groups excluding carboxylic acids is 2. The summed E-state index contributed by atoms with van der Waals surface area (Å²) in [4.78, 5) is 30.7. The molecular formula is C13H15N3O3S. The lowest BCUT2D eigenvalue weighted by Crippen LogP contribution is -2.31. The third-order valence-corrected chi connectivity index (χ3v) is 4.32. The molecule has 3 rings (SSSR count). The van der Waals surface area contributed by atoms with Crippen LogP contribution < -0.4 is 0 Å². The van der Waals surface area contributed by atoms with E-state index in [2.05, 4.69) is 4.98 Å². The Morgan fingerprint density at radius 1 is 1.55 bits per heavy atom. The molecule has 106 valence electrons. The summed E-state index contributed by atoms with van der Waals surface area (Å²) in [6, 6.07) is 0. The first-order valence-corrected chi connectivity index (χ1v) is 7.32. The van der Waals surface area contributed by atoms with E-state index in [1.165, 1.54) is 7.11 Å². The van der Waals surface area contributed by atoms with Crippen LogP contribution in [-0.2, 0) is 20.7 Å². The van der Waals surface area contributed by atoms with E-state index in [-0.39, 0.29) is 24.2 Å². The van der Waals surface area contributed by atoms with Crippen LogP contribution in [0.2, 0.25) is 0 Å². The van der Waals surface area contributed by atoms with Gasteiger partial charge in [-0.05, 0) is 6.42 Å². The standard InChI is InChI=1S/C13H15N3O3S/c1-19-12(18)9-2-3-15(7-9)11(17)6-10-8-16-4-5-20-13(16)14-10/h4-5,8-9H,2-3,6-7H2,1H3. The van der Waals surface area contributed by atoms with Gasteiger partial charge >= 0.3 is 5.97 Å². The summed E-state index contributed by atoms with van der Waals surface area (Å²) in [6.07, 6.45) is 4.75. The number of aromatic nitrogens is 2. The first-order valence-electron chi connectivity index (χ1n) is 6.44. The minimum absolute atomic E-state index is 0.0159. The van der Waals surface area contributed by atoms with Crippen molar-refractivity contribution in [1.82, 2.24) is 14.3 Å². The van der Waals surface area contributed by atoms with Gasteiger partial charge in [-0.1, -0.05) is 0 Å². The second-order valence-corrected chi connectivity index (χ2v) is 5.72. The summed E-state index contributed by atoms with van der Waals surface area (Å²) in [6.45, 7) is 1.06. The van der Waals surface area contributed by atoms with Crippen LogP contribution in [0.5, 0.6) is 0 Å². The second-order valence-electron chi connectivity index (χ2n) is 4.85. The lowest BCUT2D eigenvalue weighted by atomic mass is 10.1. The van der Waals surface area contributed by atoms with Gasteiger partial charge in [0.05, 0.1) is 25.1 Å². The van der Waals surface area contributed by atoms with E-state index in [1.807, 2.05) is 22.2 Å². The van der Waals surface area contributed by atoms with Gasteiger partial charge in [-0.15, -0.1) is 11.3 Å². The second kappa shape index (κ2) is 5.24. The Bertz CT molecular complexity index is 620. The summed E-state index contributed by atoms with van der Waals surface area (Å²) in [5.74, 6) is -0.403. The van der Waals surface area contributed by atoms with Crippen LogP contribution in [-0.4, -0.2) is 46.4 Å². The molecule has 0 saturated carbocycles. The number of thiazole rings is 1. The molecule has 0 radical (unpaired) electrons. The van der Waals surface area contributed by atoms with E-state index in [9.17, 15) is 9.59 Å². The van der Waals surface area contributed by atoms with Gasteiger partial charge in [-0.25, -0.2) is 4.98 Å². The van der Waals surface area contributed by atoms with Crippen molar-refractivity contribution in [3.63, 3.8) is 0 Å². The number of hydrogen-bond donors (Lipinski definition) is 0. The molecule has 0 bridgehead atoms. The van der Waals surface area contributed by atoms with Crippen molar-refractivity contribution in [2.24, 2.45) is 5.92 Å². The van der Waals surface area contributed by atoms with Crippen molar-refractivity contribution >= 4 is 28.2 Å². The molecular weight excluding hydrogens is 278 g/mol. The predicted molar refractivity (Wildman–Crippen MR) is 73.5 cm³/mol. The maximum atomic E-state index is 12.2. The van der Waals surface area contributed by atoms with Gasteiger partial charge in [-0.3, -0.25) is 14.0 Å². The minimum atomic E-state index is -0.234. The van der Waals surface area contributed by atoms with Crippen molar-refractivity contribution in [3.05, 3.63) is 23.5 Å². The van der Waals surface area contributed by atoms with E-state index in [0.29, 0.717) is 19.5 Å². The number of esters is 1. The van der Waals surface area contributed by atoms with Crippen molar-refractivity contribution in [3.8, 4) is 0 Å². The number of nitrogens with zero attached hydrogens (tertiary/aromatic N) is 3. The molecule has 0 aliphatic carbocycles. The monoisotopic (exact) mass is 293 g/mol. The molecule has 1 unspecified atom stereocenters. The number of fused-ring (bicyclic) bond motifs is 1. The van der Waals surface area contributed by atoms with E-state index in [0.717, 1.165) is 10.7 Å². The molecule has 2 aromatic heterocycles. The summed E-state index contributed by atoms with van der Waals surface area (Å²) in [5.41, 5.74) is 0.767. The van der Waals surface area contributed by atoms with E-state index >= 15 is 0 Å². The van der Waals surface area contributed by atoms with Crippen LogP contribution in [0, 0.1) is 5.92 Å². The highest BCUT2D eigenvalue weighted by molar-refractivity contribution is 7.15. The van der Waals surface area contributed by atoms with Gasteiger partial charge in [0.15, 0.2) is 4.96 Å². The third kappa shape index (κ3) is 2.40. The number of likely N-dealkylation sites (tertiary alicyclic amines) is 1. The molecule has 1 atom stereocenters. The SMILES string of the molecule is COC(=O)C1CCN(C(=O)Cc2cn3ccsc3n2)C1.